The summed E-state index contributed by atoms with van der Waals surface area (Å²) < 4.78 is 0. The second-order valence-electron chi connectivity index (χ2n) is 3.28. The number of aryl methyl sites for hydroxylation is 1. The van der Waals surface area contributed by atoms with Crippen molar-refractivity contribution >= 4 is 11.8 Å². The van der Waals surface area contributed by atoms with Gasteiger partial charge in [0.05, 0.1) is 10.7 Å². The van der Waals surface area contributed by atoms with Gasteiger partial charge in [0, 0.05) is 18.1 Å². The Morgan fingerprint density at radius 3 is 2.73 bits per heavy atom. The normalized spacial score (nSPS) is 10.2. The molecule has 0 N–H and O–H groups in total. The number of hydrogen-bond acceptors (Lipinski definition) is 3. The van der Waals surface area contributed by atoms with E-state index in [0.717, 1.165) is 16.5 Å². The maximum atomic E-state index is 4.33. The minimum atomic E-state index is 0.872. The Hall–Kier alpha value is -1.35. The molecule has 2 aromatic heterocycles. The van der Waals surface area contributed by atoms with Crippen LogP contribution in [0.5, 0.6) is 0 Å². The molecule has 76 valence electrons. The monoisotopic (exact) mass is 216 g/mol. The Morgan fingerprint density at radius 2 is 2.07 bits per heavy atom. The number of pyridine rings is 2. The molecule has 0 aliphatic rings. The highest BCUT2D eigenvalue weighted by Gasteiger charge is 1.97. The first-order chi connectivity index (χ1) is 7.34. The van der Waals surface area contributed by atoms with Gasteiger partial charge in [0.1, 0.15) is 0 Å². The molecular weight excluding hydrogens is 204 g/mol. The molecule has 0 saturated heterocycles. The Balaban J connectivity index is 1.96. The summed E-state index contributed by atoms with van der Waals surface area (Å²) in [4.78, 5) is 8.59. The third-order valence-electron chi connectivity index (χ3n) is 1.98. The third kappa shape index (κ3) is 3.06. The number of thioether (sulfide) groups is 1. The van der Waals surface area contributed by atoms with E-state index in [4.69, 9.17) is 0 Å². The number of hydrogen-bond donors (Lipinski definition) is 0. The lowest BCUT2D eigenvalue weighted by Gasteiger charge is -2.00. The molecule has 0 aliphatic carbocycles. The lowest BCUT2D eigenvalue weighted by Crippen LogP contribution is -1.86. The highest BCUT2D eigenvalue weighted by atomic mass is 32.2. The molecule has 0 radical (unpaired) electrons. The van der Waals surface area contributed by atoms with Crippen molar-refractivity contribution in [2.45, 2.75) is 17.7 Å². The van der Waals surface area contributed by atoms with Crippen molar-refractivity contribution in [3.63, 3.8) is 0 Å². The first-order valence-electron chi connectivity index (χ1n) is 4.80. The fourth-order valence-electron chi connectivity index (χ4n) is 1.17. The van der Waals surface area contributed by atoms with Crippen LogP contribution in [0.3, 0.4) is 0 Å². The van der Waals surface area contributed by atoms with Gasteiger partial charge in [-0.1, -0.05) is 12.1 Å². The minimum Gasteiger partial charge on any atom is -0.260 e. The van der Waals surface area contributed by atoms with Crippen LogP contribution in [0.2, 0.25) is 0 Å². The molecule has 2 nitrogen and oxygen atoms in total. The summed E-state index contributed by atoms with van der Waals surface area (Å²) in [5.74, 6) is 0.872. The van der Waals surface area contributed by atoms with Crippen molar-refractivity contribution in [2.24, 2.45) is 0 Å². The summed E-state index contributed by atoms with van der Waals surface area (Å²) in [5, 5.41) is 1.05. The van der Waals surface area contributed by atoms with Crippen LogP contribution in [0, 0.1) is 6.92 Å². The van der Waals surface area contributed by atoms with Gasteiger partial charge < -0.3 is 0 Å². The van der Waals surface area contributed by atoms with Crippen LogP contribution in [-0.4, -0.2) is 9.97 Å². The van der Waals surface area contributed by atoms with Gasteiger partial charge in [-0.25, -0.2) is 4.98 Å². The van der Waals surface area contributed by atoms with E-state index in [0.29, 0.717) is 0 Å². The van der Waals surface area contributed by atoms with Crippen molar-refractivity contribution < 1.29 is 0 Å². The van der Waals surface area contributed by atoms with E-state index >= 15 is 0 Å². The third-order valence-corrected chi connectivity index (χ3v) is 2.96. The van der Waals surface area contributed by atoms with E-state index in [1.807, 2.05) is 43.6 Å². The summed E-state index contributed by atoms with van der Waals surface area (Å²) in [6.07, 6.45) is 3.71. The van der Waals surface area contributed by atoms with Gasteiger partial charge >= 0.3 is 0 Å². The van der Waals surface area contributed by atoms with Crippen LogP contribution in [0.15, 0.2) is 47.8 Å². The molecule has 0 bridgehead atoms. The summed E-state index contributed by atoms with van der Waals surface area (Å²) in [7, 11) is 0. The van der Waals surface area contributed by atoms with Crippen molar-refractivity contribution in [3.05, 3.63) is 54.0 Å². The fourth-order valence-corrected chi connectivity index (χ4v) is 1.93. The van der Waals surface area contributed by atoms with Gasteiger partial charge in [0.25, 0.3) is 0 Å². The van der Waals surface area contributed by atoms with Gasteiger partial charge in [-0.3, -0.25) is 4.98 Å². The quantitative estimate of drug-likeness (QED) is 0.737. The van der Waals surface area contributed by atoms with E-state index in [2.05, 4.69) is 16.0 Å². The van der Waals surface area contributed by atoms with E-state index in [1.54, 1.807) is 11.8 Å². The van der Waals surface area contributed by atoms with E-state index in [9.17, 15) is 0 Å². The molecule has 0 spiro atoms. The predicted molar refractivity (Wildman–Crippen MR) is 62.8 cm³/mol. The van der Waals surface area contributed by atoms with Crippen molar-refractivity contribution in [1.29, 1.82) is 0 Å². The van der Waals surface area contributed by atoms with Crippen LogP contribution in [-0.2, 0) is 5.75 Å². The summed E-state index contributed by atoms with van der Waals surface area (Å²) in [5.41, 5.74) is 2.28. The number of aromatic nitrogens is 2. The van der Waals surface area contributed by atoms with Crippen LogP contribution in [0.25, 0.3) is 0 Å². The molecule has 0 atom stereocenters. The topological polar surface area (TPSA) is 25.8 Å². The largest absolute Gasteiger partial charge is 0.260 e. The van der Waals surface area contributed by atoms with Gasteiger partial charge in [0.2, 0.25) is 0 Å². The predicted octanol–water partition coefficient (Wildman–Crippen LogP) is 3.08. The average molecular weight is 216 g/mol. The Bertz CT molecular complexity index is 411. The first kappa shape index (κ1) is 10.2. The zero-order valence-electron chi connectivity index (χ0n) is 8.55. The molecule has 0 saturated carbocycles. The van der Waals surface area contributed by atoms with Gasteiger partial charge in [-0.2, -0.15) is 0 Å². The molecule has 0 amide bonds. The molecule has 0 unspecified atom stereocenters. The summed E-state index contributed by atoms with van der Waals surface area (Å²) in [6, 6.07) is 10.1. The maximum Gasteiger partial charge on any atom is 0.0963 e. The van der Waals surface area contributed by atoms with Crippen molar-refractivity contribution in [3.8, 4) is 0 Å². The maximum absolute atomic E-state index is 4.33. The Kier molecular flexibility index (Phi) is 3.35. The van der Waals surface area contributed by atoms with Gasteiger partial charge in [-0.15, -0.1) is 11.8 Å². The minimum absolute atomic E-state index is 0.872. The highest BCUT2D eigenvalue weighted by molar-refractivity contribution is 7.98. The van der Waals surface area contributed by atoms with E-state index in [1.165, 1.54) is 5.56 Å². The molecule has 15 heavy (non-hydrogen) atoms. The van der Waals surface area contributed by atoms with Crippen LogP contribution in [0.4, 0.5) is 0 Å². The second kappa shape index (κ2) is 4.94. The van der Waals surface area contributed by atoms with Crippen molar-refractivity contribution in [2.75, 3.05) is 0 Å². The van der Waals surface area contributed by atoms with Gasteiger partial charge in [-0.05, 0) is 30.7 Å². The zero-order valence-corrected chi connectivity index (χ0v) is 9.37. The fraction of sp³-hybridized carbons (Fsp3) is 0.167. The molecule has 3 heteroatoms. The molecule has 2 heterocycles. The van der Waals surface area contributed by atoms with E-state index < -0.39 is 0 Å². The molecule has 2 aromatic rings. The van der Waals surface area contributed by atoms with Crippen LogP contribution in [0.1, 0.15) is 11.3 Å². The van der Waals surface area contributed by atoms with Gasteiger partial charge in [0.15, 0.2) is 0 Å². The smallest absolute Gasteiger partial charge is 0.0963 e. The Morgan fingerprint density at radius 1 is 1.13 bits per heavy atom. The molecule has 0 fully saturated rings. The Labute approximate surface area is 93.8 Å². The van der Waals surface area contributed by atoms with E-state index in [-0.39, 0.29) is 0 Å². The SMILES string of the molecule is Cc1ccc(SCc2ccccn2)nc1. The zero-order chi connectivity index (χ0) is 10.5. The lowest BCUT2D eigenvalue weighted by atomic mass is 10.3. The highest BCUT2D eigenvalue weighted by Crippen LogP contribution is 2.19. The molecule has 0 aromatic carbocycles. The number of nitrogens with zero attached hydrogens (tertiary/aromatic N) is 2. The van der Waals surface area contributed by atoms with Crippen LogP contribution < -0.4 is 0 Å². The lowest BCUT2D eigenvalue weighted by molar-refractivity contribution is 1.10. The summed E-state index contributed by atoms with van der Waals surface area (Å²) >= 11 is 1.71. The molecule has 2 rings (SSSR count). The average Bonchev–Trinajstić information content (AvgIpc) is 2.30. The van der Waals surface area contributed by atoms with Crippen LogP contribution >= 0.6 is 11.8 Å². The summed E-state index contributed by atoms with van der Waals surface area (Å²) in [6.45, 7) is 2.04. The standard InChI is InChI=1S/C12H12N2S/c1-10-5-6-12(14-8-10)15-9-11-4-2-3-7-13-11/h2-8H,9H2,1H3. The molecule has 0 aliphatic heterocycles. The van der Waals surface area contributed by atoms with Crippen molar-refractivity contribution in [1.82, 2.24) is 9.97 Å². The second-order valence-corrected chi connectivity index (χ2v) is 4.28. The first-order valence-corrected chi connectivity index (χ1v) is 5.78. The number of rotatable bonds is 3. The molecular formula is C12H12N2S.